The molecule has 0 fully saturated rings. The van der Waals surface area contributed by atoms with Crippen molar-refractivity contribution in [2.24, 2.45) is 0 Å². The second kappa shape index (κ2) is 60.8. The van der Waals surface area contributed by atoms with E-state index in [4.69, 9.17) is 13.8 Å². The molecule has 0 bridgehead atoms. The molecule has 1 N–H and O–H groups in total. The molecule has 3 atom stereocenters. The average molecular weight is 1160 g/mol. The third-order valence-corrected chi connectivity index (χ3v) is 16.4. The molecule has 0 aromatic carbocycles. The van der Waals surface area contributed by atoms with Crippen LogP contribution in [0.15, 0.2) is 60.8 Å². The molecular formula is C71H133N2O7P. The van der Waals surface area contributed by atoms with Crippen molar-refractivity contribution < 1.29 is 37.3 Å². The fourth-order valence-corrected chi connectivity index (χ4v) is 10.8. The molecule has 0 aliphatic rings. The van der Waals surface area contributed by atoms with Gasteiger partial charge in [-0.3, -0.25) is 14.2 Å². The van der Waals surface area contributed by atoms with Crippen LogP contribution in [0.2, 0.25) is 0 Å². The minimum Gasteiger partial charge on any atom is -0.756 e. The minimum absolute atomic E-state index is 0.0234. The third kappa shape index (κ3) is 62.1. The Balaban J connectivity index is 5.12. The summed E-state index contributed by atoms with van der Waals surface area (Å²) < 4.78 is 30.4. The highest BCUT2D eigenvalue weighted by Crippen LogP contribution is 2.38. The van der Waals surface area contributed by atoms with Crippen LogP contribution in [-0.4, -0.2) is 69.4 Å². The number of carbonyl (C=O) groups excluding carboxylic acids is 2. The van der Waals surface area contributed by atoms with E-state index in [1.165, 1.54) is 212 Å². The van der Waals surface area contributed by atoms with E-state index in [2.05, 4.69) is 74.7 Å². The summed E-state index contributed by atoms with van der Waals surface area (Å²) in [6.07, 6.45) is 77.6. The van der Waals surface area contributed by atoms with Gasteiger partial charge < -0.3 is 28.5 Å². The first kappa shape index (κ1) is 78.7. The van der Waals surface area contributed by atoms with Gasteiger partial charge in [-0.2, -0.15) is 0 Å². The summed E-state index contributed by atoms with van der Waals surface area (Å²) in [5.41, 5.74) is 0. The van der Waals surface area contributed by atoms with Gasteiger partial charge in [0.2, 0.25) is 5.91 Å². The lowest BCUT2D eigenvalue weighted by molar-refractivity contribution is -0.870. The number of phosphoric acid groups is 1. The number of allylic oxidation sites excluding steroid dienone is 9. The predicted octanol–water partition coefficient (Wildman–Crippen LogP) is 21.2. The van der Waals surface area contributed by atoms with Crippen LogP contribution in [0.3, 0.4) is 0 Å². The van der Waals surface area contributed by atoms with E-state index in [1.54, 1.807) is 0 Å². The lowest BCUT2D eigenvalue weighted by Gasteiger charge is -2.30. The van der Waals surface area contributed by atoms with Crippen molar-refractivity contribution in [1.29, 1.82) is 0 Å². The van der Waals surface area contributed by atoms with E-state index in [1.807, 2.05) is 33.3 Å². The van der Waals surface area contributed by atoms with Crippen molar-refractivity contribution in [1.82, 2.24) is 5.32 Å². The lowest BCUT2D eigenvalue weighted by atomic mass is 10.0. The molecule has 9 nitrogen and oxygen atoms in total. The highest BCUT2D eigenvalue weighted by Gasteiger charge is 2.27. The number of hydrogen-bond donors (Lipinski definition) is 1. The van der Waals surface area contributed by atoms with E-state index >= 15 is 0 Å². The molecule has 0 spiro atoms. The van der Waals surface area contributed by atoms with Gasteiger partial charge >= 0.3 is 5.97 Å². The Labute approximate surface area is 502 Å². The fourth-order valence-electron chi connectivity index (χ4n) is 10.1. The second-order valence-electron chi connectivity index (χ2n) is 24.7. The van der Waals surface area contributed by atoms with E-state index in [0.29, 0.717) is 17.4 Å². The van der Waals surface area contributed by atoms with Gasteiger partial charge in [-0.15, -0.1) is 0 Å². The maximum Gasteiger partial charge on any atom is 0.306 e. The number of nitrogens with zero attached hydrogens (tertiary/aromatic N) is 1. The summed E-state index contributed by atoms with van der Waals surface area (Å²) >= 11 is 0. The molecule has 0 rings (SSSR count). The van der Waals surface area contributed by atoms with Crippen LogP contribution < -0.4 is 10.2 Å². The van der Waals surface area contributed by atoms with Gasteiger partial charge in [0, 0.05) is 12.8 Å². The first-order chi connectivity index (χ1) is 39.4. The summed E-state index contributed by atoms with van der Waals surface area (Å²) in [6, 6.07) is -0.892. The average Bonchev–Trinajstić information content (AvgIpc) is 3.44. The van der Waals surface area contributed by atoms with Gasteiger partial charge in [0.15, 0.2) is 0 Å². The number of ether oxygens (including phenoxy) is 1. The number of esters is 1. The molecule has 0 aromatic heterocycles. The van der Waals surface area contributed by atoms with Crippen molar-refractivity contribution in [2.75, 3.05) is 40.9 Å². The Morgan fingerprint density at radius 1 is 0.432 bits per heavy atom. The number of hydrogen-bond acceptors (Lipinski definition) is 7. The molecule has 0 aromatic rings. The monoisotopic (exact) mass is 1160 g/mol. The van der Waals surface area contributed by atoms with Crippen molar-refractivity contribution in [3.05, 3.63) is 60.8 Å². The van der Waals surface area contributed by atoms with Gasteiger partial charge in [-0.05, 0) is 96.0 Å². The van der Waals surface area contributed by atoms with E-state index in [-0.39, 0.29) is 31.5 Å². The van der Waals surface area contributed by atoms with Gasteiger partial charge in [-0.25, -0.2) is 0 Å². The topological polar surface area (TPSA) is 114 Å². The van der Waals surface area contributed by atoms with Crippen LogP contribution in [0.5, 0.6) is 0 Å². The summed E-state index contributed by atoms with van der Waals surface area (Å²) in [7, 11) is 1.19. The molecule has 0 aliphatic carbocycles. The van der Waals surface area contributed by atoms with Crippen molar-refractivity contribution in [3.8, 4) is 0 Å². The van der Waals surface area contributed by atoms with Gasteiger partial charge in [0.05, 0.1) is 33.8 Å². The lowest BCUT2D eigenvalue weighted by Crippen LogP contribution is -2.47. The zero-order valence-corrected chi connectivity index (χ0v) is 55.1. The summed E-state index contributed by atoms with van der Waals surface area (Å²) in [5.74, 6) is -0.537. The third-order valence-electron chi connectivity index (χ3n) is 15.4. The Kier molecular flexibility index (Phi) is 59.1. The molecule has 0 radical (unpaired) electrons. The standard InChI is InChI=1S/C71H133N2O7P/c1-7-10-13-16-19-22-25-28-30-32-33-34-35-36-37-38-39-41-43-46-49-52-55-58-61-64-71(75)80-69(62-59-56-53-50-47-44-27-24-21-18-15-12-9-3)68(67-79-81(76,77)78-66-65-73(4,5)6)72-70(74)63-60-57-54-51-48-45-42-40-31-29-26-23-20-17-14-11-8-2/h19,22,28-31,33-34,59,62,68-69H,7-18,20-21,23-27,32,35-58,60-61,63-67H2,1-6H3,(H-,72,74,76,77)/b22-19-,30-28-,31-29+,34-33-,62-59-. The van der Waals surface area contributed by atoms with Crippen LogP contribution >= 0.6 is 7.82 Å². The van der Waals surface area contributed by atoms with Crippen LogP contribution in [0, 0.1) is 0 Å². The number of unbranched alkanes of at least 4 members (excludes halogenated alkanes) is 39. The summed E-state index contributed by atoms with van der Waals surface area (Å²) in [4.78, 5) is 40.1. The van der Waals surface area contributed by atoms with E-state index in [9.17, 15) is 19.0 Å². The molecule has 10 heteroatoms. The largest absolute Gasteiger partial charge is 0.756 e. The molecule has 0 saturated heterocycles. The first-order valence-electron chi connectivity index (χ1n) is 34.6. The molecule has 474 valence electrons. The van der Waals surface area contributed by atoms with Gasteiger partial charge in [0.25, 0.3) is 7.82 Å². The highest BCUT2D eigenvalue weighted by atomic mass is 31.2. The second-order valence-corrected chi connectivity index (χ2v) is 26.1. The molecule has 0 saturated carbocycles. The Morgan fingerprint density at radius 3 is 1.16 bits per heavy atom. The van der Waals surface area contributed by atoms with Crippen molar-refractivity contribution >= 4 is 19.7 Å². The number of likely N-dealkylation sites (N-methyl/N-ethyl adjacent to an activating group) is 1. The highest BCUT2D eigenvalue weighted by molar-refractivity contribution is 7.45. The van der Waals surface area contributed by atoms with Crippen LogP contribution in [0.4, 0.5) is 0 Å². The van der Waals surface area contributed by atoms with Gasteiger partial charge in [0.1, 0.15) is 19.3 Å². The molecule has 1 amide bonds. The number of rotatable bonds is 63. The maximum atomic E-state index is 13.6. The predicted molar refractivity (Wildman–Crippen MR) is 349 cm³/mol. The van der Waals surface area contributed by atoms with Gasteiger partial charge in [-0.1, -0.05) is 281 Å². The number of carbonyl (C=O) groups is 2. The number of quaternary nitrogens is 1. The Morgan fingerprint density at radius 2 is 0.753 bits per heavy atom. The van der Waals surface area contributed by atoms with E-state index < -0.39 is 20.0 Å². The number of nitrogens with one attached hydrogen (secondary N) is 1. The van der Waals surface area contributed by atoms with E-state index in [0.717, 1.165) is 83.5 Å². The summed E-state index contributed by atoms with van der Waals surface area (Å²) in [5, 5.41) is 3.04. The Bertz CT molecular complexity index is 1570. The fraction of sp³-hybridized carbons (Fsp3) is 0.831. The summed E-state index contributed by atoms with van der Waals surface area (Å²) in [6.45, 7) is 6.84. The first-order valence-corrected chi connectivity index (χ1v) is 36.1. The van der Waals surface area contributed by atoms with Crippen molar-refractivity contribution in [2.45, 2.75) is 341 Å². The molecular weight excluding hydrogens is 1020 g/mol. The maximum absolute atomic E-state index is 13.6. The number of amides is 1. The Hall–Kier alpha value is -2.29. The molecule has 3 unspecified atom stereocenters. The minimum atomic E-state index is -4.70. The smallest absolute Gasteiger partial charge is 0.306 e. The van der Waals surface area contributed by atoms with Crippen LogP contribution in [0.1, 0.15) is 329 Å². The zero-order chi connectivity index (χ0) is 59.3. The molecule has 0 aliphatic heterocycles. The molecule has 0 heterocycles. The SMILES string of the molecule is CCCCC/C=C\C/C=C\C/C=C\CCCCCCCCCCCCCCC(=O)OC(/C=C\CCCCCCCCCCCCC)C(COP(=O)([O-])OCC[N+](C)(C)C)NC(=O)CCCCCCCCC/C=C/CCCCCCCC. The normalized spacial score (nSPS) is 13.9. The quantitative estimate of drug-likeness (QED) is 0.0212. The molecule has 81 heavy (non-hydrogen) atoms. The van der Waals surface area contributed by atoms with Crippen LogP contribution in [0.25, 0.3) is 0 Å². The van der Waals surface area contributed by atoms with Crippen LogP contribution in [-0.2, 0) is 27.9 Å². The number of phosphoric ester groups is 1. The van der Waals surface area contributed by atoms with Crippen molar-refractivity contribution in [3.63, 3.8) is 0 Å². The zero-order valence-electron chi connectivity index (χ0n) is 54.2.